The van der Waals surface area contributed by atoms with Crippen LogP contribution in [0.2, 0.25) is 5.02 Å². The zero-order valence-electron chi connectivity index (χ0n) is 21.5. The molecule has 0 unspecified atom stereocenters. The third-order valence-corrected chi connectivity index (χ3v) is 7.49. The second kappa shape index (κ2) is 10.3. The van der Waals surface area contributed by atoms with E-state index in [0.717, 1.165) is 12.1 Å². The number of aromatic nitrogens is 3. The van der Waals surface area contributed by atoms with E-state index in [1.54, 1.807) is 35.5 Å². The lowest BCUT2D eigenvalue weighted by Crippen LogP contribution is -2.56. The molecule has 0 saturated carbocycles. The Labute approximate surface area is 227 Å². The summed E-state index contributed by atoms with van der Waals surface area (Å²) < 4.78 is 52.6. The molecule has 1 aromatic carbocycles. The van der Waals surface area contributed by atoms with E-state index in [0.29, 0.717) is 22.6 Å². The average Bonchev–Trinajstić information content (AvgIpc) is 3.33. The van der Waals surface area contributed by atoms with Crippen LogP contribution in [-0.2, 0) is 26.9 Å². The zero-order chi connectivity index (χ0) is 28.1. The summed E-state index contributed by atoms with van der Waals surface area (Å²) in [4.78, 5) is 38.1. The van der Waals surface area contributed by atoms with Crippen LogP contribution in [-0.4, -0.2) is 69.6 Å². The van der Waals surface area contributed by atoms with Crippen molar-refractivity contribution in [3.05, 3.63) is 58.1 Å². The Hall–Kier alpha value is -3.38. The number of morpholine rings is 1. The van der Waals surface area contributed by atoms with Crippen LogP contribution < -0.4 is 4.90 Å². The Balaban J connectivity index is 1.39. The number of esters is 1. The van der Waals surface area contributed by atoms with Gasteiger partial charge in [-0.1, -0.05) is 11.6 Å². The summed E-state index contributed by atoms with van der Waals surface area (Å²) >= 11 is 6.30. The molecule has 9 nitrogen and oxygen atoms in total. The second-order valence-corrected chi connectivity index (χ2v) is 10.1. The predicted molar refractivity (Wildman–Crippen MR) is 136 cm³/mol. The Kier molecular flexibility index (Phi) is 7.19. The van der Waals surface area contributed by atoms with Gasteiger partial charge in [-0.15, -0.1) is 0 Å². The molecule has 0 N–H and O–H groups in total. The van der Waals surface area contributed by atoms with Gasteiger partial charge in [0.05, 0.1) is 49.8 Å². The van der Waals surface area contributed by atoms with E-state index >= 15 is 0 Å². The summed E-state index contributed by atoms with van der Waals surface area (Å²) in [6.45, 7) is 6.32. The fraction of sp³-hybridized carbons (Fsp3) is 0.462. The summed E-state index contributed by atoms with van der Waals surface area (Å²) in [6.07, 6.45) is -0.358. The number of benzene rings is 1. The SMILES string of the molecule is CCOC(=O)c1cn2c(N3C[C@H](C(=O)N4CCc5cc(C(F)(F)F)cc(Cl)c5[C@@H]4C)OC[C@@H]3C)cncc2n1. The number of halogens is 4. The molecular weight excluding hydrogens is 539 g/mol. The molecule has 39 heavy (non-hydrogen) atoms. The van der Waals surface area contributed by atoms with E-state index in [4.69, 9.17) is 21.1 Å². The fourth-order valence-electron chi connectivity index (χ4n) is 5.23. The fourth-order valence-corrected chi connectivity index (χ4v) is 5.63. The molecule has 3 atom stereocenters. The maximum absolute atomic E-state index is 13.7. The first-order chi connectivity index (χ1) is 18.5. The van der Waals surface area contributed by atoms with E-state index < -0.39 is 29.9 Å². The van der Waals surface area contributed by atoms with Gasteiger partial charge in [0.1, 0.15) is 5.82 Å². The predicted octanol–water partition coefficient (Wildman–Crippen LogP) is 4.32. The highest BCUT2D eigenvalue weighted by Gasteiger charge is 2.40. The average molecular weight is 566 g/mol. The molecule has 2 aliphatic heterocycles. The lowest BCUT2D eigenvalue weighted by Gasteiger charge is -2.42. The van der Waals surface area contributed by atoms with Gasteiger partial charge in [0.25, 0.3) is 5.91 Å². The van der Waals surface area contributed by atoms with Crippen LogP contribution >= 0.6 is 11.6 Å². The summed E-state index contributed by atoms with van der Waals surface area (Å²) in [5.41, 5.74) is 0.801. The Morgan fingerprint density at radius 1 is 1.23 bits per heavy atom. The number of rotatable bonds is 4. The van der Waals surface area contributed by atoms with Crippen LogP contribution in [0.5, 0.6) is 0 Å². The van der Waals surface area contributed by atoms with Gasteiger partial charge < -0.3 is 19.3 Å². The van der Waals surface area contributed by atoms with E-state index in [9.17, 15) is 22.8 Å². The molecule has 1 amide bonds. The van der Waals surface area contributed by atoms with Crippen LogP contribution in [0.1, 0.15) is 54.0 Å². The number of ether oxygens (including phenoxy) is 2. The number of nitrogens with zero attached hydrogens (tertiary/aromatic N) is 5. The first-order valence-corrected chi connectivity index (χ1v) is 13.0. The van der Waals surface area contributed by atoms with E-state index in [1.807, 2.05) is 11.8 Å². The number of hydrogen-bond donors (Lipinski definition) is 0. The maximum Gasteiger partial charge on any atom is 0.416 e. The van der Waals surface area contributed by atoms with Crippen molar-refractivity contribution in [2.75, 3.05) is 31.2 Å². The first-order valence-electron chi connectivity index (χ1n) is 12.6. The number of amides is 1. The number of carbonyl (C=O) groups excluding carboxylic acids is 2. The molecule has 1 saturated heterocycles. The van der Waals surface area contributed by atoms with Crippen LogP contribution in [0.3, 0.4) is 0 Å². The van der Waals surface area contributed by atoms with Crippen molar-refractivity contribution in [1.29, 1.82) is 0 Å². The highest BCUT2D eigenvalue weighted by molar-refractivity contribution is 6.31. The molecular formula is C26H27ClF3N5O4. The van der Waals surface area contributed by atoms with Gasteiger partial charge >= 0.3 is 12.1 Å². The minimum absolute atomic E-state index is 0.0140. The Bertz CT molecular complexity index is 1430. The third-order valence-electron chi connectivity index (χ3n) is 7.18. The number of imidazole rings is 1. The molecule has 13 heteroatoms. The Morgan fingerprint density at radius 3 is 2.72 bits per heavy atom. The van der Waals surface area contributed by atoms with Gasteiger partial charge in [-0.05, 0) is 50.5 Å². The van der Waals surface area contributed by atoms with Crippen molar-refractivity contribution in [1.82, 2.24) is 19.3 Å². The van der Waals surface area contributed by atoms with E-state index in [1.165, 1.54) is 6.20 Å². The molecule has 5 rings (SSSR count). The van der Waals surface area contributed by atoms with Gasteiger partial charge in [-0.3, -0.25) is 14.2 Å². The lowest BCUT2D eigenvalue weighted by atomic mass is 9.91. The number of alkyl halides is 3. The maximum atomic E-state index is 13.7. The molecule has 0 spiro atoms. The molecule has 2 aliphatic rings. The number of fused-ring (bicyclic) bond motifs is 2. The van der Waals surface area contributed by atoms with Gasteiger partial charge in [-0.2, -0.15) is 13.2 Å². The van der Waals surface area contributed by atoms with Crippen molar-refractivity contribution < 1.29 is 32.2 Å². The summed E-state index contributed by atoms with van der Waals surface area (Å²) in [6, 6.07) is 1.38. The van der Waals surface area contributed by atoms with Crippen LogP contribution in [0.25, 0.3) is 5.65 Å². The van der Waals surface area contributed by atoms with Gasteiger partial charge in [0, 0.05) is 17.8 Å². The normalized spacial score (nSPS) is 21.7. The molecule has 2 aromatic heterocycles. The quantitative estimate of drug-likeness (QED) is 0.435. The topological polar surface area (TPSA) is 89.3 Å². The van der Waals surface area contributed by atoms with Crippen molar-refractivity contribution >= 4 is 34.9 Å². The Morgan fingerprint density at radius 2 is 2.00 bits per heavy atom. The molecule has 0 radical (unpaired) electrons. The summed E-state index contributed by atoms with van der Waals surface area (Å²) in [5.74, 6) is -0.196. The molecule has 3 aromatic rings. The van der Waals surface area contributed by atoms with Crippen molar-refractivity contribution in [3.8, 4) is 0 Å². The van der Waals surface area contributed by atoms with Crippen LogP contribution in [0.4, 0.5) is 19.0 Å². The molecule has 0 bridgehead atoms. The molecule has 208 valence electrons. The van der Waals surface area contributed by atoms with Gasteiger partial charge in [0.15, 0.2) is 17.4 Å². The third kappa shape index (κ3) is 5.03. The van der Waals surface area contributed by atoms with Crippen LogP contribution in [0, 0.1) is 0 Å². The van der Waals surface area contributed by atoms with Crippen molar-refractivity contribution in [2.45, 2.75) is 51.6 Å². The smallest absolute Gasteiger partial charge is 0.416 e. The highest BCUT2D eigenvalue weighted by Crippen LogP contribution is 2.40. The summed E-state index contributed by atoms with van der Waals surface area (Å²) in [5, 5.41) is -0.0140. The molecule has 4 heterocycles. The summed E-state index contributed by atoms with van der Waals surface area (Å²) in [7, 11) is 0. The first kappa shape index (κ1) is 27.2. The highest BCUT2D eigenvalue weighted by atomic mass is 35.5. The van der Waals surface area contributed by atoms with Crippen LogP contribution in [0.15, 0.2) is 30.7 Å². The molecule has 0 aliphatic carbocycles. The van der Waals surface area contributed by atoms with E-state index in [2.05, 4.69) is 9.97 Å². The van der Waals surface area contributed by atoms with Crippen molar-refractivity contribution in [2.24, 2.45) is 0 Å². The number of carbonyl (C=O) groups is 2. The number of anilines is 1. The lowest BCUT2D eigenvalue weighted by molar-refractivity contribution is -0.148. The second-order valence-electron chi connectivity index (χ2n) is 9.65. The standard InChI is InChI=1S/C26H27ClF3N5O4/c1-4-38-25(37)19-11-35-21(32-19)9-31-10-22(35)34-12-20(39-13-14(34)2)24(36)33-6-5-16-7-17(26(28,29)30)8-18(27)23(16)15(33)3/h7-11,14-15,20H,4-6,12-13H2,1-3H3/t14-,15-,20+/m0/s1. The number of hydrogen-bond acceptors (Lipinski definition) is 7. The van der Waals surface area contributed by atoms with E-state index in [-0.39, 0.29) is 55.4 Å². The monoisotopic (exact) mass is 565 g/mol. The zero-order valence-corrected chi connectivity index (χ0v) is 22.3. The minimum atomic E-state index is -4.50. The van der Waals surface area contributed by atoms with Crippen molar-refractivity contribution in [3.63, 3.8) is 0 Å². The minimum Gasteiger partial charge on any atom is -0.461 e. The van der Waals surface area contributed by atoms with Gasteiger partial charge in [0.2, 0.25) is 0 Å². The van der Waals surface area contributed by atoms with Gasteiger partial charge in [-0.25, -0.2) is 9.78 Å². The largest absolute Gasteiger partial charge is 0.461 e. The molecule has 1 fully saturated rings.